The summed E-state index contributed by atoms with van der Waals surface area (Å²) in [6.07, 6.45) is 22.5. The Morgan fingerprint density at radius 1 is 0.697 bits per heavy atom. The van der Waals surface area contributed by atoms with Crippen LogP contribution in [0.25, 0.3) is 38.5 Å². The molecular weight excluding hydrogens is 990 g/mol. The molecule has 0 radical (unpaired) electrons. The Morgan fingerprint density at radius 2 is 1.28 bits per heavy atom. The van der Waals surface area contributed by atoms with Crippen molar-refractivity contribution in [3.05, 3.63) is 140 Å². The first-order valence-electron chi connectivity index (χ1n) is 27.6. The molecule has 9 nitrogen and oxygen atoms in total. The molecule has 1 aliphatic heterocycles. The van der Waals surface area contributed by atoms with E-state index >= 15 is 8.42 Å². The predicted octanol–water partition coefficient (Wildman–Crippen LogP) is 16.6. The average Bonchev–Trinajstić information content (AvgIpc) is 4.11. The number of unbranched alkanes of at least 4 members (excludes halogenated alkanes) is 4. The number of non-ortho nitro benzene ring substituents is 1. The SMILES string of the molecule is CCCCC(CC)COc1ccc2c3c(cccc13)C(C=CC1=C(S(=O)(=O)c3ccc([N+](=O)[O-])cc3)C(=CC=c3c4cccc5c(OCC(CC)CCCC)ccc(c54)n3CCCC)CC1)=[N+]2CCCC.F[B-](F)(F)F. The van der Waals surface area contributed by atoms with Crippen molar-refractivity contribution >= 4 is 72.7 Å². The third kappa shape index (κ3) is 13.3. The number of allylic oxidation sites excluding steroid dienone is 5. The normalized spacial score (nSPS) is 15.5. The van der Waals surface area contributed by atoms with Gasteiger partial charge < -0.3 is 31.3 Å². The molecule has 0 amide bonds. The first-order chi connectivity index (χ1) is 36.6. The van der Waals surface area contributed by atoms with Gasteiger partial charge in [-0.3, -0.25) is 10.1 Å². The van der Waals surface area contributed by atoms with Crippen LogP contribution in [-0.4, -0.2) is 55.2 Å². The van der Waals surface area contributed by atoms with Crippen LogP contribution >= 0.6 is 0 Å². The van der Waals surface area contributed by atoms with E-state index in [1.165, 1.54) is 49.9 Å². The van der Waals surface area contributed by atoms with Crippen LogP contribution in [0.1, 0.15) is 137 Å². The van der Waals surface area contributed by atoms with Crippen LogP contribution in [0.2, 0.25) is 0 Å². The average molecular weight is 1060 g/mol. The first-order valence-corrected chi connectivity index (χ1v) is 29.1. The van der Waals surface area contributed by atoms with Crippen LogP contribution in [0.4, 0.5) is 28.6 Å². The zero-order valence-electron chi connectivity index (χ0n) is 45.1. The van der Waals surface area contributed by atoms with Crippen molar-refractivity contribution in [3.63, 3.8) is 0 Å². The molecule has 15 heteroatoms. The van der Waals surface area contributed by atoms with E-state index < -0.39 is 22.0 Å². The van der Waals surface area contributed by atoms with E-state index in [0.717, 1.165) is 131 Å². The van der Waals surface area contributed by atoms with E-state index in [4.69, 9.17) is 9.47 Å². The number of hydrogen-bond donors (Lipinski definition) is 0. The minimum atomic E-state index is -6.00. The Kier molecular flexibility index (Phi) is 19.8. The Balaban J connectivity index is 0.00000160. The van der Waals surface area contributed by atoms with Gasteiger partial charge >= 0.3 is 7.25 Å². The molecule has 1 aliphatic carbocycles. The standard InChI is InChI=1S/C61H74N3O6S.BF4/c1-7-13-19-43(11-5)41-69-57-37-35-55-59-49(21-17-23-51(57)59)53(62(55)39-15-9-3)33-27-45-25-26-46(61(45)71(67,68)48-31-29-47(30-32-48)64(65)66)28-34-54-50-22-18-24-52-58(70-42-44(12-6)20-14-8-2)38-36-56(60(50)52)63(54)40-16-10-4;2-1(3,4)5/h17-18,21-24,27-38,43-44H,7-16,19-20,25-26,39-42H2,1-6H3;/q+1;-1. The van der Waals surface area contributed by atoms with Crippen molar-refractivity contribution in [3.8, 4) is 11.5 Å². The highest BCUT2D eigenvalue weighted by molar-refractivity contribution is 7.95. The third-order valence-electron chi connectivity index (χ3n) is 14.9. The topological polar surface area (TPSA) is 104 Å². The Hall–Kier alpha value is -6.22. The summed E-state index contributed by atoms with van der Waals surface area (Å²) >= 11 is 0. The minimum Gasteiger partial charge on any atom is -0.493 e. The summed E-state index contributed by atoms with van der Waals surface area (Å²) in [5, 5.41) is 18.3. The van der Waals surface area contributed by atoms with Gasteiger partial charge in [0.25, 0.3) is 5.69 Å². The molecule has 2 atom stereocenters. The fraction of sp³-hybridized carbons (Fsp3) is 0.426. The fourth-order valence-electron chi connectivity index (χ4n) is 10.7. The molecule has 0 N–H and O–H groups in total. The van der Waals surface area contributed by atoms with E-state index in [-0.39, 0.29) is 15.5 Å². The monoisotopic (exact) mass is 1060 g/mol. The number of nitro groups is 1. The van der Waals surface area contributed by atoms with Gasteiger partial charge in [-0.1, -0.05) is 135 Å². The number of aryl methyl sites for hydroxylation is 1. The second-order valence-corrected chi connectivity index (χ2v) is 22.0. The van der Waals surface area contributed by atoms with E-state index in [1.807, 2.05) is 12.2 Å². The molecule has 2 aliphatic rings. The number of sulfone groups is 1. The van der Waals surface area contributed by atoms with Gasteiger partial charge in [0.15, 0.2) is 0 Å². The van der Waals surface area contributed by atoms with Crippen molar-refractivity contribution in [1.29, 1.82) is 0 Å². The minimum absolute atomic E-state index is 0.0300. The highest BCUT2D eigenvalue weighted by atomic mass is 32.2. The highest BCUT2D eigenvalue weighted by Crippen LogP contribution is 2.43. The summed E-state index contributed by atoms with van der Waals surface area (Å²) in [5.74, 6) is 2.80. The molecular formula is C61H74BF4N3O6S. The van der Waals surface area contributed by atoms with E-state index in [0.29, 0.717) is 49.0 Å². The van der Waals surface area contributed by atoms with Gasteiger partial charge in [0.05, 0.1) is 38.9 Å². The Morgan fingerprint density at radius 3 is 1.87 bits per heavy atom. The van der Waals surface area contributed by atoms with Gasteiger partial charge in [-0.15, -0.1) is 0 Å². The summed E-state index contributed by atoms with van der Waals surface area (Å²) in [6.45, 7) is 16.4. The number of ether oxygens (including phenoxy) is 2. The van der Waals surface area contributed by atoms with Gasteiger partial charge in [-0.25, -0.2) is 8.42 Å². The first kappa shape index (κ1) is 57.5. The lowest BCUT2D eigenvalue weighted by atomic mass is 9.99. The van der Waals surface area contributed by atoms with E-state index in [9.17, 15) is 27.4 Å². The number of nitrogens with zero attached hydrogens (tertiary/aromatic N) is 3. The molecule has 0 spiro atoms. The second-order valence-electron chi connectivity index (χ2n) is 20.2. The number of benzene rings is 5. The molecule has 6 aromatic rings. The third-order valence-corrected chi connectivity index (χ3v) is 16.9. The molecule has 8 rings (SSSR count). The van der Waals surface area contributed by atoms with Crippen molar-refractivity contribution in [2.24, 2.45) is 11.8 Å². The van der Waals surface area contributed by atoms with Crippen molar-refractivity contribution in [1.82, 2.24) is 4.57 Å². The number of halogens is 4. The highest BCUT2D eigenvalue weighted by Gasteiger charge is 2.34. The zero-order chi connectivity index (χ0) is 54.6. The smallest absolute Gasteiger partial charge is 0.493 e. The van der Waals surface area contributed by atoms with Crippen molar-refractivity contribution in [2.75, 3.05) is 19.8 Å². The zero-order valence-corrected chi connectivity index (χ0v) is 45.9. The summed E-state index contributed by atoms with van der Waals surface area (Å²) < 4.78 is 87.1. The molecule has 0 bridgehead atoms. The number of aromatic nitrogens is 1. The van der Waals surface area contributed by atoms with Crippen LogP contribution in [0.15, 0.2) is 124 Å². The summed E-state index contributed by atoms with van der Waals surface area (Å²) in [6, 6.07) is 26.8. The van der Waals surface area contributed by atoms with Gasteiger partial charge in [0.1, 0.15) is 18.0 Å². The second kappa shape index (κ2) is 26.2. The maximum atomic E-state index is 15.1. The molecule has 0 saturated carbocycles. The van der Waals surface area contributed by atoms with Crippen LogP contribution in [0, 0.1) is 22.0 Å². The Bertz CT molecular complexity index is 3300. The van der Waals surface area contributed by atoms with Crippen LogP contribution in [0.5, 0.6) is 11.5 Å². The predicted molar refractivity (Wildman–Crippen MR) is 303 cm³/mol. The molecule has 2 unspecified atom stereocenters. The van der Waals surface area contributed by atoms with E-state index in [2.05, 4.69) is 124 Å². The maximum absolute atomic E-state index is 15.1. The molecule has 406 valence electrons. The summed E-state index contributed by atoms with van der Waals surface area (Å²) in [4.78, 5) is 11.5. The van der Waals surface area contributed by atoms with Gasteiger partial charge in [-0.05, 0) is 97.6 Å². The van der Waals surface area contributed by atoms with Crippen LogP contribution in [0.3, 0.4) is 0 Å². The molecule has 5 aromatic carbocycles. The number of hydrogen-bond acceptors (Lipinski definition) is 6. The van der Waals surface area contributed by atoms with E-state index in [1.54, 1.807) is 0 Å². The lowest BCUT2D eigenvalue weighted by Gasteiger charge is -2.17. The van der Waals surface area contributed by atoms with Crippen molar-refractivity contribution < 1.29 is 44.7 Å². The molecule has 1 aromatic heterocycles. The maximum Gasteiger partial charge on any atom is 0.673 e. The Labute approximate surface area is 446 Å². The molecule has 0 saturated heterocycles. The lowest BCUT2D eigenvalue weighted by Crippen LogP contribution is -2.16. The largest absolute Gasteiger partial charge is 0.673 e. The summed E-state index contributed by atoms with van der Waals surface area (Å²) in [5.41, 5.74) is 5.68. The molecule has 0 fully saturated rings. The number of rotatable bonds is 26. The van der Waals surface area contributed by atoms with Gasteiger partial charge in [-0.2, -0.15) is 4.58 Å². The summed E-state index contributed by atoms with van der Waals surface area (Å²) in [7, 11) is -10.1. The van der Waals surface area contributed by atoms with Crippen molar-refractivity contribution in [2.45, 2.75) is 143 Å². The lowest BCUT2D eigenvalue weighted by molar-refractivity contribution is -0.436. The van der Waals surface area contributed by atoms with Gasteiger partial charge in [0.2, 0.25) is 21.2 Å². The van der Waals surface area contributed by atoms with Crippen LogP contribution in [-0.2, 0) is 16.4 Å². The molecule has 76 heavy (non-hydrogen) atoms. The fourth-order valence-corrected chi connectivity index (χ4v) is 12.4. The number of nitro benzene ring substituents is 1. The van der Waals surface area contributed by atoms with Gasteiger partial charge in [0, 0.05) is 69.7 Å². The van der Waals surface area contributed by atoms with Crippen LogP contribution < -0.4 is 14.8 Å². The quantitative estimate of drug-likeness (QED) is 0.0176. The molecule has 2 heterocycles.